The number of hydrogen-bond acceptors (Lipinski definition) is 2. The van der Waals surface area contributed by atoms with Crippen LogP contribution in [0.1, 0.15) is 73.6 Å². The molecule has 0 aromatic carbocycles. The molecule has 0 bridgehead atoms. The smallest absolute Gasteiger partial charge is 0.303 e. The van der Waals surface area contributed by atoms with Gasteiger partial charge >= 0.3 is 5.97 Å². The van der Waals surface area contributed by atoms with Crippen molar-refractivity contribution in [1.29, 1.82) is 0 Å². The summed E-state index contributed by atoms with van der Waals surface area (Å²) < 4.78 is 0. The third kappa shape index (κ3) is 24.6. The molecular weight excluding hydrogens is 226 g/mol. The number of hydrogen-bond donors (Lipinski definition) is 2. The van der Waals surface area contributed by atoms with Crippen LogP contribution in [0.5, 0.6) is 0 Å². The van der Waals surface area contributed by atoms with Crippen LogP contribution in [0.2, 0.25) is 0 Å². The van der Waals surface area contributed by atoms with Gasteiger partial charge in [-0.15, -0.1) is 0 Å². The molecule has 0 aromatic rings. The van der Waals surface area contributed by atoms with E-state index in [9.17, 15) is 4.79 Å². The van der Waals surface area contributed by atoms with Crippen LogP contribution < -0.4 is 5.32 Å². The van der Waals surface area contributed by atoms with E-state index in [2.05, 4.69) is 46.9 Å². The maximum absolute atomic E-state index is 10.1. The van der Waals surface area contributed by atoms with Gasteiger partial charge in [0.2, 0.25) is 0 Å². The molecule has 0 heterocycles. The van der Waals surface area contributed by atoms with Crippen molar-refractivity contribution in [3.05, 3.63) is 0 Å². The number of aliphatic carboxylic acids is 1. The van der Waals surface area contributed by atoms with E-state index < -0.39 is 5.97 Å². The van der Waals surface area contributed by atoms with Gasteiger partial charge in [0.25, 0.3) is 0 Å². The molecule has 110 valence electrons. The molecule has 0 aromatic heterocycles. The second-order valence-corrected chi connectivity index (χ2v) is 5.86. The fourth-order valence-electron chi connectivity index (χ4n) is 1.67. The van der Waals surface area contributed by atoms with Crippen LogP contribution >= 0.6 is 0 Å². The first-order valence-corrected chi connectivity index (χ1v) is 7.23. The summed E-state index contributed by atoms with van der Waals surface area (Å²) in [6, 6.07) is 1.25. The van der Waals surface area contributed by atoms with E-state index in [1.807, 2.05) is 0 Å². The normalized spacial score (nSPS) is 10.7. The van der Waals surface area contributed by atoms with Crippen molar-refractivity contribution in [3.63, 3.8) is 0 Å². The zero-order chi connectivity index (χ0) is 14.6. The summed E-state index contributed by atoms with van der Waals surface area (Å²) in [5.41, 5.74) is 0. The Bertz CT molecular complexity index is 183. The van der Waals surface area contributed by atoms with Gasteiger partial charge in [-0.25, -0.2) is 0 Å². The first-order chi connectivity index (χ1) is 8.25. The molecule has 0 radical (unpaired) electrons. The van der Waals surface area contributed by atoms with Crippen LogP contribution in [0.4, 0.5) is 0 Å². The monoisotopic (exact) mass is 259 g/mol. The minimum absolute atomic E-state index is 0.331. The summed E-state index contributed by atoms with van der Waals surface area (Å²) in [7, 11) is 0. The van der Waals surface area contributed by atoms with E-state index in [1.54, 1.807) is 0 Å². The zero-order valence-corrected chi connectivity index (χ0v) is 13.1. The second kappa shape index (κ2) is 12.9. The lowest BCUT2D eigenvalue weighted by atomic mass is 10.0. The van der Waals surface area contributed by atoms with Gasteiger partial charge in [0, 0.05) is 18.5 Å². The Morgan fingerprint density at radius 3 is 1.72 bits per heavy atom. The standard InChI is InChI=1S/C9H18O2.C6H15N/c1-8(2)6-4-3-5-7-9(10)11;1-5(2)7-6(3)4/h8H,3-7H2,1-2H3,(H,10,11);5-7H,1-4H3. The van der Waals surface area contributed by atoms with Gasteiger partial charge in [0.1, 0.15) is 0 Å². The lowest BCUT2D eigenvalue weighted by Crippen LogP contribution is -2.29. The molecule has 18 heavy (non-hydrogen) atoms. The van der Waals surface area contributed by atoms with Gasteiger partial charge in [-0.1, -0.05) is 60.8 Å². The number of nitrogens with one attached hydrogen (secondary N) is 1. The van der Waals surface area contributed by atoms with Crippen molar-refractivity contribution >= 4 is 5.97 Å². The van der Waals surface area contributed by atoms with Gasteiger partial charge in [0.15, 0.2) is 0 Å². The fraction of sp³-hybridized carbons (Fsp3) is 0.933. The molecule has 3 nitrogen and oxygen atoms in total. The lowest BCUT2D eigenvalue weighted by molar-refractivity contribution is -0.137. The first kappa shape index (κ1) is 19.8. The van der Waals surface area contributed by atoms with Crippen molar-refractivity contribution < 1.29 is 9.90 Å². The molecule has 0 amide bonds. The summed E-state index contributed by atoms with van der Waals surface area (Å²) in [6.45, 7) is 13.0. The highest BCUT2D eigenvalue weighted by molar-refractivity contribution is 5.66. The van der Waals surface area contributed by atoms with E-state index in [1.165, 1.54) is 12.8 Å². The Labute approximate surface area is 113 Å². The number of carbonyl (C=O) groups is 1. The average Bonchev–Trinajstić information content (AvgIpc) is 2.14. The van der Waals surface area contributed by atoms with Crippen molar-refractivity contribution in [3.8, 4) is 0 Å². The van der Waals surface area contributed by atoms with Crippen LogP contribution in [0.15, 0.2) is 0 Å². The van der Waals surface area contributed by atoms with E-state index in [0.717, 1.165) is 18.8 Å². The largest absolute Gasteiger partial charge is 0.481 e. The van der Waals surface area contributed by atoms with E-state index >= 15 is 0 Å². The van der Waals surface area contributed by atoms with Crippen molar-refractivity contribution in [2.24, 2.45) is 5.92 Å². The van der Waals surface area contributed by atoms with Gasteiger partial charge < -0.3 is 10.4 Å². The van der Waals surface area contributed by atoms with Crippen molar-refractivity contribution in [2.75, 3.05) is 0 Å². The number of rotatable bonds is 8. The molecular formula is C15H33NO2. The Kier molecular flexibility index (Phi) is 14.1. The SMILES string of the molecule is CC(C)CCCCCC(=O)O.CC(C)NC(C)C. The van der Waals surface area contributed by atoms with Crippen LogP contribution in [0, 0.1) is 5.92 Å². The minimum atomic E-state index is -0.672. The van der Waals surface area contributed by atoms with Gasteiger partial charge in [-0.2, -0.15) is 0 Å². The summed E-state index contributed by atoms with van der Waals surface area (Å²) in [5, 5.41) is 11.6. The molecule has 0 saturated carbocycles. The summed E-state index contributed by atoms with van der Waals surface area (Å²) >= 11 is 0. The van der Waals surface area contributed by atoms with Gasteiger partial charge in [-0.3, -0.25) is 4.79 Å². The zero-order valence-electron chi connectivity index (χ0n) is 13.1. The van der Waals surface area contributed by atoms with Crippen molar-refractivity contribution in [2.45, 2.75) is 85.7 Å². The summed E-state index contributed by atoms with van der Waals surface area (Å²) in [4.78, 5) is 10.1. The molecule has 0 rings (SSSR count). The maximum Gasteiger partial charge on any atom is 0.303 e. The highest BCUT2D eigenvalue weighted by atomic mass is 16.4. The predicted octanol–water partition coefficient (Wildman–Crippen LogP) is 4.07. The molecule has 0 unspecified atom stereocenters. The van der Waals surface area contributed by atoms with Crippen LogP contribution in [-0.2, 0) is 4.79 Å². The quantitative estimate of drug-likeness (QED) is 0.646. The summed E-state index contributed by atoms with van der Waals surface area (Å²) in [6.07, 6.45) is 4.62. The Hall–Kier alpha value is -0.570. The van der Waals surface area contributed by atoms with E-state index in [-0.39, 0.29) is 0 Å². The van der Waals surface area contributed by atoms with Crippen LogP contribution in [0.3, 0.4) is 0 Å². The molecule has 2 N–H and O–H groups in total. The maximum atomic E-state index is 10.1. The highest BCUT2D eigenvalue weighted by Crippen LogP contribution is 2.08. The molecule has 0 atom stereocenters. The average molecular weight is 259 g/mol. The summed E-state index contributed by atoms with van der Waals surface area (Å²) in [5.74, 6) is 0.0781. The third-order valence-electron chi connectivity index (χ3n) is 2.34. The lowest BCUT2D eigenvalue weighted by Gasteiger charge is -2.10. The highest BCUT2D eigenvalue weighted by Gasteiger charge is 1.97. The van der Waals surface area contributed by atoms with E-state index in [0.29, 0.717) is 18.5 Å². The van der Waals surface area contributed by atoms with Crippen molar-refractivity contribution in [1.82, 2.24) is 5.32 Å². The fourth-order valence-corrected chi connectivity index (χ4v) is 1.67. The molecule has 3 heteroatoms. The topological polar surface area (TPSA) is 49.3 Å². The third-order valence-corrected chi connectivity index (χ3v) is 2.34. The molecule has 0 aliphatic heterocycles. The molecule has 0 spiro atoms. The molecule has 0 aliphatic carbocycles. The van der Waals surface area contributed by atoms with Crippen LogP contribution in [-0.4, -0.2) is 23.2 Å². The Morgan fingerprint density at radius 2 is 1.44 bits per heavy atom. The molecule has 0 fully saturated rings. The second-order valence-electron chi connectivity index (χ2n) is 5.86. The van der Waals surface area contributed by atoms with Gasteiger partial charge in [0.05, 0.1) is 0 Å². The minimum Gasteiger partial charge on any atom is -0.481 e. The molecule has 0 saturated heterocycles. The first-order valence-electron chi connectivity index (χ1n) is 7.23. The van der Waals surface area contributed by atoms with Crippen LogP contribution in [0.25, 0.3) is 0 Å². The molecule has 0 aliphatic rings. The van der Waals surface area contributed by atoms with Gasteiger partial charge in [-0.05, 0) is 12.3 Å². The Morgan fingerprint density at radius 1 is 0.944 bits per heavy atom. The number of carboxylic acid groups (broad SMARTS) is 1. The number of unbranched alkanes of at least 4 members (excludes halogenated alkanes) is 2. The van der Waals surface area contributed by atoms with E-state index in [4.69, 9.17) is 5.11 Å². The number of carboxylic acids is 1. The Balaban J connectivity index is 0. The predicted molar refractivity (Wildman–Crippen MR) is 79.0 cm³/mol.